The Kier molecular flexibility index (Phi) is 5.17. The summed E-state index contributed by atoms with van der Waals surface area (Å²) in [6, 6.07) is 16.1. The van der Waals surface area contributed by atoms with Crippen LogP contribution in [0.5, 0.6) is 11.5 Å². The Labute approximate surface area is 155 Å². The fourth-order valence-corrected chi connectivity index (χ4v) is 2.87. The molecule has 0 radical (unpaired) electrons. The topological polar surface area (TPSA) is 78.7 Å². The van der Waals surface area contributed by atoms with Crippen molar-refractivity contribution in [2.75, 3.05) is 14.2 Å². The largest absolute Gasteiger partial charge is 0.493 e. The van der Waals surface area contributed by atoms with Crippen molar-refractivity contribution in [1.29, 1.82) is 0 Å². The van der Waals surface area contributed by atoms with Crippen molar-refractivity contribution >= 4 is 28.3 Å². The summed E-state index contributed by atoms with van der Waals surface area (Å²) in [7, 11) is 2.79. The maximum absolute atomic E-state index is 12.7. The van der Waals surface area contributed by atoms with Gasteiger partial charge in [0.05, 0.1) is 25.2 Å². The molecule has 0 saturated carbocycles. The lowest BCUT2D eigenvalue weighted by Gasteiger charge is -2.09. The number of hydrogen-bond acceptors (Lipinski definition) is 5. The molecule has 27 heavy (non-hydrogen) atoms. The van der Waals surface area contributed by atoms with Gasteiger partial charge in [0, 0.05) is 6.07 Å². The van der Waals surface area contributed by atoms with E-state index in [4.69, 9.17) is 9.47 Å². The molecular formula is C21H17NO5. The van der Waals surface area contributed by atoms with Crippen LogP contribution in [0.2, 0.25) is 0 Å². The maximum Gasteiger partial charge on any atom is 0.284 e. The van der Waals surface area contributed by atoms with Crippen molar-refractivity contribution in [3.63, 3.8) is 0 Å². The molecule has 0 amide bonds. The van der Waals surface area contributed by atoms with Crippen LogP contribution in [-0.2, 0) is 0 Å². The fourth-order valence-electron chi connectivity index (χ4n) is 2.87. The Morgan fingerprint density at radius 3 is 2.37 bits per heavy atom. The van der Waals surface area contributed by atoms with Crippen molar-refractivity contribution in [2.24, 2.45) is 0 Å². The molecule has 0 aliphatic rings. The summed E-state index contributed by atoms with van der Waals surface area (Å²) in [5.41, 5.74) is 0.457. The molecule has 3 aromatic rings. The van der Waals surface area contributed by atoms with Gasteiger partial charge >= 0.3 is 0 Å². The molecule has 0 heterocycles. The Morgan fingerprint density at radius 2 is 1.67 bits per heavy atom. The van der Waals surface area contributed by atoms with Gasteiger partial charge in [0.15, 0.2) is 17.3 Å². The molecule has 0 unspecified atom stereocenters. The fraction of sp³-hybridized carbons (Fsp3) is 0.0952. The van der Waals surface area contributed by atoms with Crippen LogP contribution in [0.4, 0.5) is 5.69 Å². The molecule has 0 aliphatic heterocycles. The van der Waals surface area contributed by atoms with Gasteiger partial charge in [-0.15, -0.1) is 0 Å². The van der Waals surface area contributed by atoms with Crippen molar-refractivity contribution in [3.8, 4) is 11.5 Å². The van der Waals surface area contributed by atoms with E-state index in [9.17, 15) is 14.9 Å². The first kappa shape index (κ1) is 18.1. The Morgan fingerprint density at radius 1 is 1.00 bits per heavy atom. The van der Waals surface area contributed by atoms with Crippen LogP contribution in [0, 0.1) is 10.1 Å². The number of allylic oxidation sites excluding steroid dienone is 1. The number of ketones is 1. The summed E-state index contributed by atoms with van der Waals surface area (Å²) < 4.78 is 10.2. The Bertz CT molecular complexity index is 1050. The van der Waals surface area contributed by atoms with Gasteiger partial charge in [0.25, 0.3) is 5.69 Å². The van der Waals surface area contributed by atoms with Crippen LogP contribution >= 0.6 is 0 Å². The van der Waals surface area contributed by atoms with Crippen LogP contribution < -0.4 is 9.47 Å². The van der Waals surface area contributed by atoms with Gasteiger partial charge in [0.1, 0.15) is 5.56 Å². The molecule has 0 aromatic heterocycles. The molecule has 0 spiro atoms. The van der Waals surface area contributed by atoms with Crippen LogP contribution in [0.3, 0.4) is 0 Å². The van der Waals surface area contributed by atoms with Gasteiger partial charge in [-0.1, -0.05) is 48.5 Å². The number of nitrogens with zero attached hydrogens (tertiary/aromatic N) is 1. The second-order valence-corrected chi connectivity index (χ2v) is 5.75. The van der Waals surface area contributed by atoms with E-state index in [1.807, 2.05) is 42.5 Å². The monoisotopic (exact) mass is 363 g/mol. The van der Waals surface area contributed by atoms with Crippen molar-refractivity contribution < 1.29 is 19.2 Å². The zero-order chi connectivity index (χ0) is 19.4. The number of nitro groups is 1. The zero-order valence-corrected chi connectivity index (χ0v) is 14.8. The number of rotatable bonds is 6. The third-order valence-corrected chi connectivity index (χ3v) is 4.20. The molecule has 0 aliphatic carbocycles. The molecule has 3 rings (SSSR count). The Hall–Kier alpha value is -3.67. The standard InChI is InChI=1S/C21H17NO5/c1-26-20-12-17(18(22(24)25)13-21(20)27-2)19(23)11-10-15-8-5-7-14-6-3-4-9-16(14)15/h3-13H,1-2H3/b11-10+. The second-order valence-electron chi connectivity index (χ2n) is 5.75. The SMILES string of the molecule is COc1cc(C(=O)/C=C/c2cccc3ccccc23)c([N+](=O)[O-])cc1OC. The number of carbonyl (C=O) groups excluding carboxylic acids is 1. The van der Waals surface area contributed by atoms with Crippen molar-refractivity contribution in [2.45, 2.75) is 0 Å². The first-order valence-corrected chi connectivity index (χ1v) is 8.15. The van der Waals surface area contributed by atoms with Crippen LogP contribution in [0.25, 0.3) is 16.8 Å². The normalized spacial score (nSPS) is 10.9. The quantitative estimate of drug-likeness (QED) is 0.275. The summed E-state index contributed by atoms with van der Waals surface area (Å²) >= 11 is 0. The van der Waals surface area contributed by atoms with E-state index < -0.39 is 10.7 Å². The van der Waals surface area contributed by atoms with Crippen LogP contribution in [0.1, 0.15) is 15.9 Å². The lowest BCUT2D eigenvalue weighted by Crippen LogP contribution is -2.03. The number of nitro benzene ring substituents is 1. The minimum absolute atomic E-state index is 0.0610. The van der Waals surface area contributed by atoms with E-state index in [0.717, 1.165) is 16.3 Å². The highest BCUT2D eigenvalue weighted by Crippen LogP contribution is 2.35. The lowest BCUT2D eigenvalue weighted by molar-refractivity contribution is -0.385. The molecule has 0 fully saturated rings. The number of methoxy groups -OCH3 is 2. The van der Waals surface area contributed by atoms with Crippen molar-refractivity contribution in [3.05, 3.63) is 81.9 Å². The summed E-state index contributed by atoms with van der Waals surface area (Å²) in [6.07, 6.45) is 2.99. The van der Waals surface area contributed by atoms with Gasteiger partial charge in [-0.05, 0) is 22.4 Å². The third kappa shape index (κ3) is 3.64. The van der Waals surface area contributed by atoms with E-state index in [1.54, 1.807) is 6.08 Å². The molecule has 6 nitrogen and oxygen atoms in total. The minimum Gasteiger partial charge on any atom is -0.493 e. The zero-order valence-electron chi connectivity index (χ0n) is 14.8. The second kappa shape index (κ2) is 7.70. The predicted octanol–water partition coefficient (Wildman–Crippen LogP) is 4.66. The highest BCUT2D eigenvalue weighted by Gasteiger charge is 2.23. The number of fused-ring (bicyclic) bond motifs is 1. The van der Waals surface area contributed by atoms with E-state index >= 15 is 0 Å². The highest BCUT2D eigenvalue weighted by molar-refractivity contribution is 6.10. The van der Waals surface area contributed by atoms with E-state index in [1.165, 1.54) is 32.4 Å². The molecule has 0 saturated heterocycles. The van der Waals surface area contributed by atoms with Crippen molar-refractivity contribution in [1.82, 2.24) is 0 Å². The first-order valence-electron chi connectivity index (χ1n) is 8.15. The van der Waals surface area contributed by atoms with E-state index in [-0.39, 0.29) is 22.7 Å². The first-order chi connectivity index (χ1) is 13.0. The molecular weight excluding hydrogens is 346 g/mol. The molecule has 6 heteroatoms. The number of hydrogen-bond donors (Lipinski definition) is 0. The lowest BCUT2D eigenvalue weighted by atomic mass is 10.0. The van der Waals surface area contributed by atoms with Crippen LogP contribution in [-0.4, -0.2) is 24.9 Å². The predicted molar refractivity (Wildman–Crippen MR) is 104 cm³/mol. The van der Waals surface area contributed by atoms with Crippen LogP contribution in [0.15, 0.2) is 60.7 Å². The van der Waals surface area contributed by atoms with E-state index in [2.05, 4.69) is 0 Å². The smallest absolute Gasteiger partial charge is 0.284 e. The Balaban J connectivity index is 2.02. The molecule has 0 N–H and O–H groups in total. The molecule has 0 bridgehead atoms. The molecule has 3 aromatic carbocycles. The maximum atomic E-state index is 12.7. The number of ether oxygens (including phenoxy) is 2. The van der Waals surface area contributed by atoms with Gasteiger partial charge in [-0.25, -0.2) is 0 Å². The summed E-state index contributed by atoms with van der Waals surface area (Å²) in [6.45, 7) is 0. The number of carbonyl (C=O) groups is 1. The summed E-state index contributed by atoms with van der Waals surface area (Å²) in [4.78, 5) is 23.4. The van der Waals surface area contributed by atoms with Gasteiger partial charge < -0.3 is 9.47 Å². The molecule has 0 atom stereocenters. The highest BCUT2D eigenvalue weighted by atomic mass is 16.6. The average molecular weight is 363 g/mol. The molecule has 136 valence electrons. The van der Waals surface area contributed by atoms with Gasteiger partial charge in [0.2, 0.25) is 0 Å². The number of benzene rings is 3. The van der Waals surface area contributed by atoms with E-state index in [0.29, 0.717) is 0 Å². The van der Waals surface area contributed by atoms with Gasteiger partial charge in [-0.2, -0.15) is 0 Å². The third-order valence-electron chi connectivity index (χ3n) is 4.20. The average Bonchev–Trinajstić information content (AvgIpc) is 2.70. The summed E-state index contributed by atoms with van der Waals surface area (Å²) in [5.74, 6) is -0.0422. The summed E-state index contributed by atoms with van der Waals surface area (Å²) in [5, 5.41) is 13.4. The minimum atomic E-state index is -0.610. The van der Waals surface area contributed by atoms with Gasteiger partial charge in [-0.3, -0.25) is 14.9 Å².